The highest BCUT2D eigenvalue weighted by Crippen LogP contribution is 2.37. The fraction of sp³-hybridized carbons (Fsp3) is 0.333. The number of anilines is 1. The van der Waals surface area contributed by atoms with Crippen LogP contribution >= 0.6 is 27.3 Å². The van der Waals surface area contributed by atoms with Crippen LogP contribution in [0.4, 0.5) is 5.82 Å². The molecule has 0 bridgehead atoms. The fourth-order valence-electron chi connectivity index (χ4n) is 1.74. The van der Waals surface area contributed by atoms with Crippen molar-refractivity contribution in [2.45, 2.75) is 25.3 Å². The second-order valence-electron chi connectivity index (χ2n) is 4.37. The molecular weight excluding hydrogens is 314 g/mol. The number of H-pyrrole nitrogens is 1. The molecule has 4 nitrogen and oxygen atoms in total. The zero-order chi connectivity index (χ0) is 12.5. The number of rotatable bonds is 4. The molecule has 0 atom stereocenters. The van der Waals surface area contributed by atoms with Crippen molar-refractivity contribution < 1.29 is 0 Å². The van der Waals surface area contributed by atoms with Crippen molar-refractivity contribution in [1.82, 2.24) is 9.97 Å². The highest BCUT2D eigenvalue weighted by molar-refractivity contribution is 9.10. The Kier molecular flexibility index (Phi) is 3.22. The Morgan fingerprint density at radius 3 is 3.00 bits per heavy atom. The molecule has 1 aliphatic carbocycles. The molecule has 0 aromatic carbocycles. The van der Waals surface area contributed by atoms with E-state index >= 15 is 0 Å². The van der Waals surface area contributed by atoms with E-state index in [0.717, 1.165) is 23.1 Å². The zero-order valence-corrected chi connectivity index (χ0v) is 12.0. The summed E-state index contributed by atoms with van der Waals surface area (Å²) in [4.78, 5) is 20.0. The smallest absolute Gasteiger partial charge is 0.252 e. The van der Waals surface area contributed by atoms with Crippen LogP contribution in [0.2, 0.25) is 0 Å². The number of aromatic nitrogens is 2. The van der Waals surface area contributed by atoms with Gasteiger partial charge in [0.05, 0.1) is 6.54 Å². The molecule has 0 amide bonds. The predicted molar refractivity (Wildman–Crippen MR) is 76.2 cm³/mol. The van der Waals surface area contributed by atoms with Gasteiger partial charge in [-0.3, -0.25) is 4.79 Å². The quantitative estimate of drug-likeness (QED) is 0.908. The maximum absolute atomic E-state index is 11.5. The van der Waals surface area contributed by atoms with Crippen molar-refractivity contribution in [1.29, 1.82) is 0 Å². The Hall–Kier alpha value is -1.14. The van der Waals surface area contributed by atoms with E-state index in [1.54, 1.807) is 11.3 Å². The van der Waals surface area contributed by atoms with Crippen LogP contribution in [-0.4, -0.2) is 9.97 Å². The Morgan fingerprint density at radius 1 is 1.50 bits per heavy atom. The highest BCUT2D eigenvalue weighted by atomic mass is 79.9. The standard InChI is InChI=1S/C12H12BrN3OS/c13-8-3-9(18-6-8)5-14-10-4-11(17)16-12(15-10)7-1-2-7/h3-4,6-7H,1-2,5H2,(H2,14,15,16,17). The van der Waals surface area contributed by atoms with Gasteiger partial charge < -0.3 is 10.3 Å². The number of nitrogens with zero attached hydrogens (tertiary/aromatic N) is 1. The van der Waals surface area contributed by atoms with Gasteiger partial charge in [0.15, 0.2) is 0 Å². The number of thiophene rings is 1. The van der Waals surface area contributed by atoms with Gasteiger partial charge in [-0.25, -0.2) is 4.98 Å². The molecule has 0 radical (unpaired) electrons. The molecule has 2 heterocycles. The van der Waals surface area contributed by atoms with E-state index in [-0.39, 0.29) is 5.56 Å². The van der Waals surface area contributed by atoms with Crippen molar-refractivity contribution in [2.24, 2.45) is 0 Å². The van der Waals surface area contributed by atoms with Crippen LogP contribution in [0.5, 0.6) is 0 Å². The minimum Gasteiger partial charge on any atom is -0.365 e. The first-order valence-electron chi connectivity index (χ1n) is 5.79. The van der Waals surface area contributed by atoms with Crippen molar-refractivity contribution in [3.63, 3.8) is 0 Å². The number of hydrogen-bond donors (Lipinski definition) is 2. The SMILES string of the molecule is O=c1cc(NCc2cc(Br)cs2)nc(C2CC2)[nH]1. The summed E-state index contributed by atoms with van der Waals surface area (Å²) < 4.78 is 1.09. The lowest BCUT2D eigenvalue weighted by Gasteiger charge is -2.05. The Labute approximate surface area is 117 Å². The number of nitrogens with one attached hydrogen (secondary N) is 2. The highest BCUT2D eigenvalue weighted by Gasteiger charge is 2.26. The van der Waals surface area contributed by atoms with Crippen LogP contribution < -0.4 is 10.9 Å². The second kappa shape index (κ2) is 4.85. The lowest BCUT2D eigenvalue weighted by atomic mass is 10.4. The average Bonchev–Trinajstić information content (AvgIpc) is 3.10. The van der Waals surface area contributed by atoms with E-state index in [1.807, 2.05) is 5.38 Å². The van der Waals surface area contributed by atoms with Crippen molar-refractivity contribution >= 4 is 33.1 Å². The van der Waals surface area contributed by atoms with E-state index < -0.39 is 0 Å². The van der Waals surface area contributed by atoms with Gasteiger partial charge in [0.1, 0.15) is 11.6 Å². The minimum absolute atomic E-state index is 0.0817. The third-order valence-corrected chi connectivity index (χ3v) is 4.49. The monoisotopic (exact) mass is 325 g/mol. The number of aromatic amines is 1. The third-order valence-electron chi connectivity index (χ3n) is 2.79. The van der Waals surface area contributed by atoms with Gasteiger partial charge >= 0.3 is 0 Å². The van der Waals surface area contributed by atoms with Gasteiger partial charge in [-0.15, -0.1) is 11.3 Å². The molecule has 0 unspecified atom stereocenters. The van der Waals surface area contributed by atoms with Crippen LogP contribution in [0.25, 0.3) is 0 Å². The van der Waals surface area contributed by atoms with Crippen LogP contribution in [0.3, 0.4) is 0 Å². The summed E-state index contributed by atoms with van der Waals surface area (Å²) in [7, 11) is 0. The molecule has 6 heteroatoms. The molecule has 2 aromatic heterocycles. The summed E-state index contributed by atoms with van der Waals surface area (Å²) in [6.45, 7) is 0.691. The average molecular weight is 326 g/mol. The van der Waals surface area contributed by atoms with E-state index in [0.29, 0.717) is 18.3 Å². The van der Waals surface area contributed by atoms with Gasteiger partial charge in [0.2, 0.25) is 0 Å². The molecule has 0 spiro atoms. The molecular formula is C12H12BrN3OS. The maximum Gasteiger partial charge on any atom is 0.252 e. The Morgan fingerprint density at radius 2 is 2.33 bits per heavy atom. The predicted octanol–water partition coefficient (Wildman–Crippen LogP) is 3.08. The summed E-state index contributed by atoms with van der Waals surface area (Å²) in [5, 5.41) is 5.24. The molecule has 3 rings (SSSR count). The van der Waals surface area contributed by atoms with Crippen LogP contribution in [0, 0.1) is 0 Å². The molecule has 0 aliphatic heterocycles. The molecule has 1 fully saturated rings. The number of hydrogen-bond acceptors (Lipinski definition) is 4. The minimum atomic E-state index is -0.0817. The Bertz CT molecular complexity index is 618. The summed E-state index contributed by atoms with van der Waals surface area (Å²) in [5.74, 6) is 1.93. The van der Waals surface area contributed by atoms with Crippen LogP contribution in [0.1, 0.15) is 29.5 Å². The molecule has 0 saturated heterocycles. The molecule has 2 aromatic rings. The van der Waals surface area contributed by atoms with E-state index in [1.165, 1.54) is 10.9 Å². The Balaban J connectivity index is 1.73. The molecule has 94 valence electrons. The largest absolute Gasteiger partial charge is 0.365 e. The van der Waals surface area contributed by atoms with Gasteiger partial charge in [-0.1, -0.05) is 0 Å². The van der Waals surface area contributed by atoms with E-state index in [9.17, 15) is 4.79 Å². The topological polar surface area (TPSA) is 57.8 Å². The summed E-state index contributed by atoms with van der Waals surface area (Å²) >= 11 is 5.09. The number of halogens is 1. The van der Waals surface area contributed by atoms with Gasteiger partial charge in [-0.2, -0.15) is 0 Å². The molecule has 18 heavy (non-hydrogen) atoms. The molecule has 2 N–H and O–H groups in total. The maximum atomic E-state index is 11.5. The molecule has 1 saturated carbocycles. The van der Waals surface area contributed by atoms with Crippen molar-refractivity contribution in [3.05, 3.63) is 43.0 Å². The van der Waals surface area contributed by atoms with Gasteiger partial charge in [0.25, 0.3) is 5.56 Å². The molecule has 1 aliphatic rings. The third kappa shape index (κ3) is 2.81. The first kappa shape index (κ1) is 11.9. The van der Waals surface area contributed by atoms with Gasteiger partial charge in [-0.05, 0) is 34.8 Å². The van der Waals surface area contributed by atoms with Gasteiger partial charge in [0, 0.05) is 26.7 Å². The zero-order valence-electron chi connectivity index (χ0n) is 9.57. The van der Waals surface area contributed by atoms with E-state index in [4.69, 9.17) is 0 Å². The van der Waals surface area contributed by atoms with Crippen LogP contribution in [0.15, 0.2) is 26.8 Å². The summed E-state index contributed by atoms with van der Waals surface area (Å²) in [6, 6.07) is 3.57. The normalized spacial score (nSPS) is 14.7. The van der Waals surface area contributed by atoms with Crippen molar-refractivity contribution in [2.75, 3.05) is 5.32 Å². The summed E-state index contributed by atoms with van der Waals surface area (Å²) in [6.07, 6.45) is 2.26. The van der Waals surface area contributed by atoms with Crippen molar-refractivity contribution in [3.8, 4) is 0 Å². The first-order valence-corrected chi connectivity index (χ1v) is 7.46. The van der Waals surface area contributed by atoms with E-state index in [2.05, 4.69) is 37.3 Å². The lowest BCUT2D eigenvalue weighted by Crippen LogP contribution is -2.13. The second-order valence-corrected chi connectivity index (χ2v) is 6.29. The van der Waals surface area contributed by atoms with Crippen LogP contribution in [-0.2, 0) is 6.54 Å². The lowest BCUT2D eigenvalue weighted by molar-refractivity contribution is 0.904. The first-order chi connectivity index (χ1) is 8.70. The fourth-order valence-corrected chi connectivity index (χ4v) is 3.13. The summed E-state index contributed by atoms with van der Waals surface area (Å²) in [5.41, 5.74) is -0.0817.